The highest BCUT2D eigenvalue weighted by Crippen LogP contribution is 2.45. The third kappa shape index (κ3) is 3.34. The molecular formula is C19H30N2O2. The van der Waals surface area contributed by atoms with E-state index in [9.17, 15) is 9.90 Å². The molecule has 1 saturated carbocycles. The average Bonchev–Trinajstić information content (AvgIpc) is 3.18. The van der Waals surface area contributed by atoms with Crippen molar-refractivity contribution in [1.29, 1.82) is 0 Å². The summed E-state index contributed by atoms with van der Waals surface area (Å²) in [7, 11) is 0. The number of aliphatic hydroxyl groups is 1. The van der Waals surface area contributed by atoms with Gasteiger partial charge in [-0.15, -0.1) is 0 Å². The van der Waals surface area contributed by atoms with Crippen molar-refractivity contribution in [3.05, 3.63) is 12.2 Å². The third-order valence-corrected chi connectivity index (χ3v) is 6.69. The van der Waals surface area contributed by atoms with Crippen molar-refractivity contribution >= 4 is 5.91 Å². The van der Waals surface area contributed by atoms with Gasteiger partial charge in [0.05, 0.1) is 6.10 Å². The maximum absolute atomic E-state index is 12.6. The van der Waals surface area contributed by atoms with E-state index in [1.807, 2.05) is 0 Å². The zero-order valence-electron chi connectivity index (χ0n) is 14.1. The van der Waals surface area contributed by atoms with Crippen LogP contribution in [0.1, 0.15) is 44.9 Å². The van der Waals surface area contributed by atoms with Crippen LogP contribution in [-0.2, 0) is 4.79 Å². The Hall–Kier alpha value is -0.870. The highest BCUT2D eigenvalue weighted by atomic mass is 16.3. The van der Waals surface area contributed by atoms with Crippen molar-refractivity contribution in [3.63, 3.8) is 0 Å². The van der Waals surface area contributed by atoms with Crippen LogP contribution in [0.5, 0.6) is 0 Å². The zero-order valence-corrected chi connectivity index (χ0v) is 14.1. The molecule has 1 N–H and O–H groups in total. The summed E-state index contributed by atoms with van der Waals surface area (Å²) in [4.78, 5) is 17.3. The lowest BCUT2D eigenvalue weighted by Crippen LogP contribution is -2.49. The first kappa shape index (κ1) is 15.6. The summed E-state index contributed by atoms with van der Waals surface area (Å²) in [6.07, 6.45) is 12.0. The van der Waals surface area contributed by atoms with Crippen LogP contribution >= 0.6 is 0 Å². The Bertz CT molecular complexity index is 462. The average molecular weight is 318 g/mol. The number of carbonyl (C=O) groups excluding carboxylic acids is 1. The van der Waals surface area contributed by atoms with Gasteiger partial charge in [0.15, 0.2) is 0 Å². The second-order valence-electron chi connectivity index (χ2n) is 8.12. The Balaban J connectivity index is 1.23. The van der Waals surface area contributed by atoms with Crippen LogP contribution in [-0.4, -0.2) is 59.1 Å². The maximum Gasteiger partial charge on any atom is 0.222 e. The monoisotopic (exact) mass is 318 g/mol. The minimum atomic E-state index is -0.0938. The number of piperidine rings is 2. The van der Waals surface area contributed by atoms with Crippen LogP contribution in [0.3, 0.4) is 0 Å². The summed E-state index contributed by atoms with van der Waals surface area (Å²) in [6.45, 7) is 3.91. The number of carbonyl (C=O) groups is 1. The molecule has 4 nitrogen and oxygen atoms in total. The third-order valence-electron chi connectivity index (χ3n) is 6.69. The van der Waals surface area contributed by atoms with Gasteiger partial charge in [0, 0.05) is 38.6 Å². The molecule has 3 fully saturated rings. The standard InChI is InChI=1S/C19H30N2O2/c22-18-5-9-20(10-6-18)17-3-7-21(8-4-17)19(23)13-16-12-14-1-2-15(16)11-14/h1-2,14-18,22H,3-13H2/t14-,15+,16+/m1/s1. The molecule has 3 atom stereocenters. The van der Waals surface area contributed by atoms with Gasteiger partial charge in [0.2, 0.25) is 5.91 Å². The Morgan fingerprint density at radius 3 is 2.35 bits per heavy atom. The van der Waals surface area contributed by atoms with E-state index in [1.54, 1.807) is 0 Å². The van der Waals surface area contributed by atoms with E-state index < -0.39 is 0 Å². The van der Waals surface area contributed by atoms with Crippen molar-refractivity contribution in [2.75, 3.05) is 26.2 Å². The number of hydrogen-bond acceptors (Lipinski definition) is 3. The summed E-state index contributed by atoms with van der Waals surface area (Å²) in [5.74, 6) is 2.45. The van der Waals surface area contributed by atoms with Gasteiger partial charge in [0.1, 0.15) is 0 Å². The Labute approximate surface area is 139 Å². The topological polar surface area (TPSA) is 43.8 Å². The molecule has 23 heavy (non-hydrogen) atoms. The minimum absolute atomic E-state index is 0.0938. The highest BCUT2D eigenvalue weighted by Gasteiger charge is 2.38. The fourth-order valence-electron chi connectivity index (χ4n) is 5.21. The van der Waals surface area contributed by atoms with Crippen molar-refractivity contribution in [1.82, 2.24) is 9.80 Å². The number of rotatable bonds is 3. The molecule has 2 bridgehead atoms. The number of fused-ring (bicyclic) bond motifs is 2. The lowest BCUT2D eigenvalue weighted by molar-refractivity contribution is -0.134. The number of hydrogen-bond donors (Lipinski definition) is 1. The summed E-state index contributed by atoms with van der Waals surface area (Å²) in [5, 5.41) is 9.64. The van der Waals surface area contributed by atoms with Crippen molar-refractivity contribution in [2.24, 2.45) is 17.8 Å². The number of amides is 1. The smallest absolute Gasteiger partial charge is 0.222 e. The second kappa shape index (κ2) is 6.56. The predicted octanol–water partition coefficient (Wildman–Crippen LogP) is 2.04. The number of aliphatic hydroxyl groups excluding tert-OH is 1. The first-order valence-corrected chi connectivity index (χ1v) is 9.57. The molecule has 1 amide bonds. The Kier molecular flexibility index (Phi) is 4.46. The van der Waals surface area contributed by atoms with Gasteiger partial charge in [-0.2, -0.15) is 0 Å². The molecule has 2 aliphatic heterocycles. The van der Waals surface area contributed by atoms with Crippen molar-refractivity contribution < 1.29 is 9.90 Å². The lowest BCUT2D eigenvalue weighted by Gasteiger charge is -2.41. The molecule has 0 aromatic rings. The van der Waals surface area contributed by atoms with Gasteiger partial charge in [-0.3, -0.25) is 4.79 Å². The predicted molar refractivity (Wildman–Crippen MR) is 89.9 cm³/mol. The normalized spacial score (nSPS) is 36.0. The lowest BCUT2D eigenvalue weighted by atomic mass is 9.89. The number of allylic oxidation sites excluding steroid dienone is 2. The minimum Gasteiger partial charge on any atom is -0.393 e. The highest BCUT2D eigenvalue weighted by molar-refractivity contribution is 5.76. The molecule has 2 heterocycles. The molecule has 0 aromatic heterocycles. The molecule has 4 aliphatic rings. The van der Waals surface area contributed by atoms with E-state index in [2.05, 4.69) is 22.0 Å². The number of likely N-dealkylation sites (tertiary alicyclic amines) is 2. The molecule has 4 heteroatoms. The van der Waals surface area contributed by atoms with Crippen LogP contribution in [0.15, 0.2) is 12.2 Å². The SMILES string of the molecule is O=C(C[C@@H]1C[C@@H]2C=C[C@H]1C2)N1CCC(N2CCC(O)CC2)CC1. The van der Waals surface area contributed by atoms with E-state index in [1.165, 1.54) is 12.8 Å². The van der Waals surface area contributed by atoms with Crippen LogP contribution in [0.25, 0.3) is 0 Å². The summed E-state index contributed by atoms with van der Waals surface area (Å²) in [5.41, 5.74) is 0. The van der Waals surface area contributed by atoms with E-state index in [-0.39, 0.29) is 6.10 Å². The zero-order chi connectivity index (χ0) is 15.8. The van der Waals surface area contributed by atoms with Crippen LogP contribution in [0.4, 0.5) is 0 Å². The molecule has 0 spiro atoms. The van der Waals surface area contributed by atoms with Crippen LogP contribution in [0.2, 0.25) is 0 Å². The quantitative estimate of drug-likeness (QED) is 0.810. The van der Waals surface area contributed by atoms with E-state index in [0.29, 0.717) is 23.8 Å². The van der Waals surface area contributed by atoms with Gasteiger partial charge >= 0.3 is 0 Å². The van der Waals surface area contributed by atoms with E-state index in [0.717, 1.165) is 64.2 Å². The van der Waals surface area contributed by atoms with Gasteiger partial charge < -0.3 is 14.9 Å². The molecule has 0 radical (unpaired) electrons. The van der Waals surface area contributed by atoms with Gasteiger partial charge in [-0.05, 0) is 56.3 Å². The van der Waals surface area contributed by atoms with Crippen LogP contribution in [0, 0.1) is 17.8 Å². The first-order valence-electron chi connectivity index (χ1n) is 9.57. The summed E-state index contributed by atoms with van der Waals surface area (Å²) < 4.78 is 0. The summed E-state index contributed by atoms with van der Waals surface area (Å²) in [6, 6.07) is 0.622. The fraction of sp³-hybridized carbons (Fsp3) is 0.842. The number of nitrogens with zero attached hydrogens (tertiary/aromatic N) is 2. The molecule has 128 valence electrons. The van der Waals surface area contributed by atoms with E-state index >= 15 is 0 Å². The van der Waals surface area contributed by atoms with Crippen LogP contribution < -0.4 is 0 Å². The van der Waals surface area contributed by atoms with Crippen molar-refractivity contribution in [3.8, 4) is 0 Å². The van der Waals surface area contributed by atoms with Gasteiger partial charge in [-0.1, -0.05) is 12.2 Å². The molecule has 2 aliphatic carbocycles. The molecular weight excluding hydrogens is 288 g/mol. The van der Waals surface area contributed by atoms with E-state index in [4.69, 9.17) is 0 Å². The fourth-order valence-corrected chi connectivity index (χ4v) is 5.21. The Morgan fingerprint density at radius 2 is 1.74 bits per heavy atom. The largest absolute Gasteiger partial charge is 0.393 e. The molecule has 4 rings (SSSR count). The summed E-state index contributed by atoms with van der Waals surface area (Å²) >= 11 is 0. The van der Waals surface area contributed by atoms with Gasteiger partial charge in [0.25, 0.3) is 0 Å². The van der Waals surface area contributed by atoms with Gasteiger partial charge in [-0.25, -0.2) is 0 Å². The molecule has 0 aromatic carbocycles. The van der Waals surface area contributed by atoms with Crippen molar-refractivity contribution in [2.45, 2.75) is 57.1 Å². The Morgan fingerprint density at radius 1 is 1.00 bits per heavy atom. The molecule has 2 saturated heterocycles. The second-order valence-corrected chi connectivity index (χ2v) is 8.12. The first-order chi connectivity index (χ1) is 11.2. The molecule has 0 unspecified atom stereocenters. The maximum atomic E-state index is 12.6.